The van der Waals surface area contributed by atoms with Crippen LogP contribution >= 0.6 is 0 Å². The van der Waals surface area contributed by atoms with Crippen LogP contribution in [-0.4, -0.2) is 10.1 Å². The number of rotatable bonds is 4. The monoisotopic (exact) mass is 261 g/mol. The zero-order valence-corrected chi connectivity index (χ0v) is 10.8. The number of hydrogen-bond acceptors (Lipinski definition) is 5. The number of hydrogen-bond donors (Lipinski definition) is 1. The topological polar surface area (TPSA) is 95.2 Å². The molecule has 1 aromatic heterocycles. The second-order valence-corrected chi connectivity index (χ2v) is 4.78. The summed E-state index contributed by atoms with van der Waals surface area (Å²) >= 11 is 0. The first-order chi connectivity index (χ1) is 8.99. The fourth-order valence-corrected chi connectivity index (χ4v) is 1.90. The van der Waals surface area contributed by atoms with E-state index < -0.39 is 4.92 Å². The van der Waals surface area contributed by atoms with Crippen molar-refractivity contribution < 1.29 is 9.45 Å². The number of non-ortho nitro benzene ring substituents is 1. The molecule has 1 aromatic carbocycles. The Balaban J connectivity index is 2.38. The Kier molecular flexibility index (Phi) is 3.50. The van der Waals surface area contributed by atoms with Crippen molar-refractivity contribution in [3.8, 4) is 11.3 Å². The molecule has 19 heavy (non-hydrogen) atoms. The summed E-state index contributed by atoms with van der Waals surface area (Å²) < 4.78 is 5.02. The van der Waals surface area contributed by atoms with E-state index in [0.717, 1.165) is 17.5 Å². The smallest absolute Gasteiger partial charge is 0.269 e. The zero-order valence-electron chi connectivity index (χ0n) is 10.8. The van der Waals surface area contributed by atoms with Crippen LogP contribution in [0, 0.1) is 16.0 Å². The van der Waals surface area contributed by atoms with Gasteiger partial charge in [-0.15, -0.1) is 0 Å². The van der Waals surface area contributed by atoms with Crippen molar-refractivity contribution in [2.24, 2.45) is 5.92 Å². The lowest BCUT2D eigenvalue weighted by molar-refractivity contribution is -0.384. The van der Waals surface area contributed by atoms with E-state index in [1.54, 1.807) is 12.1 Å². The third-order valence-corrected chi connectivity index (χ3v) is 2.78. The van der Waals surface area contributed by atoms with Crippen LogP contribution < -0.4 is 5.73 Å². The fourth-order valence-electron chi connectivity index (χ4n) is 1.90. The highest BCUT2D eigenvalue weighted by molar-refractivity contribution is 5.68. The molecule has 0 saturated heterocycles. The number of nitrogens with zero attached hydrogens (tertiary/aromatic N) is 2. The molecule has 0 spiro atoms. The van der Waals surface area contributed by atoms with Crippen LogP contribution in [0.3, 0.4) is 0 Å². The van der Waals surface area contributed by atoms with Gasteiger partial charge < -0.3 is 10.3 Å². The molecule has 0 atom stereocenters. The van der Waals surface area contributed by atoms with Gasteiger partial charge in [0.25, 0.3) is 5.69 Å². The lowest BCUT2D eigenvalue weighted by atomic mass is 9.99. The van der Waals surface area contributed by atoms with E-state index in [9.17, 15) is 10.1 Å². The summed E-state index contributed by atoms with van der Waals surface area (Å²) in [6, 6.07) is 6.19. The van der Waals surface area contributed by atoms with Crippen LogP contribution in [0.15, 0.2) is 28.8 Å². The van der Waals surface area contributed by atoms with E-state index in [2.05, 4.69) is 19.0 Å². The van der Waals surface area contributed by atoms with Gasteiger partial charge in [0.05, 0.1) is 4.92 Å². The molecular formula is C13H15N3O3. The molecule has 0 fully saturated rings. The number of anilines is 1. The molecule has 2 rings (SSSR count). The highest BCUT2D eigenvalue weighted by atomic mass is 16.6. The first-order valence-corrected chi connectivity index (χ1v) is 5.98. The summed E-state index contributed by atoms with van der Waals surface area (Å²) in [4.78, 5) is 10.2. The van der Waals surface area contributed by atoms with E-state index >= 15 is 0 Å². The van der Waals surface area contributed by atoms with Gasteiger partial charge in [-0.2, -0.15) is 0 Å². The first kappa shape index (κ1) is 13.1. The maximum absolute atomic E-state index is 10.6. The number of nitro groups is 1. The molecule has 6 heteroatoms. The summed E-state index contributed by atoms with van der Waals surface area (Å²) in [6.45, 7) is 4.15. The third-order valence-electron chi connectivity index (χ3n) is 2.78. The maximum atomic E-state index is 10.6. The SMILES string of the molecule is CC(C)Cc1c(-c2ccc([N+](=O)[O-])cc2)noc1N. The van der Waals surface area contributed by atoms with Gasteiger partial charge in [-0.25, -0.2) is 0 Å². The number of aromatic nitrogens is 1. The van der Waals surface area contributed by atoms with E-state index in [1.807, 2.05) is 0 Å². The molecule has 0 bridgehead atoms. The van der Waals surface area contributed by atoms with Crippen LogP contribution in [0.2, 0.25) is 0 Å². The van der Waals surface area contributed by atoms with E-state index in [1.165, 1.54) is 12.1 Å². The Labute approximate surface area is 110 Å². The highest BCUT2D eigenvalue weighted by Gasteiger charge is 2.17. The quantitative estimate of drug-likeness (QED) is 0.674. The zero-order chi connectivity index (χ0) is 14.0. The largest absolute Gasteiger partial charge is 0.367 e. The molecule has 100 valence electrons. The molecule has 0 unspecified atom stereocenters. The van der Waals surface area contributed by atoms with Crippen LogP contribution in [-0.2, 0) is 6.42 Å². The molecule has 2 N–H and O–H groups in total. The molecule has 0 aliphatic rings. The number of nitrogen functional groups attached to an aromatic ring is 1. The van der Waals surface area contributed by atoms with Crippen LogP contribution in [0.1, 0.15) is 19.4 Å². The summed E-state index contributed by atoms with van der Waals surface area (Å²) in [7, 11) is 0. The van der Waals surface area contributed by atoms with Crippen molar-refractivity contribution in [3.05, 3.63) is 39.9 Å². The summed E-state index contributed by atoms with van der Waals surface area (Å²) in [6.07, 6.45) is 0.752. The first-order valence-electron chi connectivity index (χ1n) is 5.98. The number of nitro benzene ring substituents is 1. The van der Waals surface area contributed by atoms with Crippen molar-refractivity contribution in [1.82, 2.24) is 5.16 Å². The Bertz CT molecular complexity index is 588. The van der Waals surface area contributed by atoms with Gasteiger partial charge in [-0.1, -0.05) is 19.0 Å². The molecular weight excluding hydrogens is 246 g/mol. The number of benzene rings is 1. The predicted octanol–water partition coefficient (Wildman–Crippen LogP) is 3.03. The molecule has 0 saturated carbocycles. The maximum Gasteiger partial charge on any atom is 0.269 e. The summed E-state index contributed by atoms with van der Waals surface area (Å²) in [5.41, 5.74) is 8.08. The molecule has 1 heterocycles. The standard InChI is InChI=1S/C13H15N3O3/c1-8(2)7-11-12(15-19-13(11)14)9-3-5-10(6-4-9)16(17)18/h3-6,8H,7,14H2,1-2H3. The molecule has 0 aliphatic heterocycles. The van der Waals surface area contributed by atoms with Gasteiger partial charge >= 0.3 is 0 Å². The van der Waals surface area contributed by atoms with E-state index in [4.69, 9.17) is 10.3 Å². The lowest BCUT2D eigenvalue weighted by Crippen LogP contribution is -1.98. The van der Waals surface area contributed by atoms with E-state index in [0.29, 0.717) is 17.5 Å². The third kappa shape index (κ3) is 2.73. The molecule has 0 aliphatic carbocycles. The fraction of sp³-hybridized carbons (Fsp3) is 0.308. The van der Waals surface area contributed by atoms with Crippen molar-refractivity contribution in [3.63, 3.8) is 0 Å². The number of nitrogens with two attached hydrogens (primary N) is 1. The predicted molar refractivity (Wildman–Crippen MR) is 71.5 cm³/mol. The molecule has 2 aromatic rings. The Morgan fingerprint density at radius 3 is 2.53 bits per heavy atom. The van der Waals surface area contributed by atoms with Gasteiger partial charge in [0, 0.05) is 23.3 Å². The van der Waals surface area contributed by atoms with Crippen molar-refractivity contribution in [1.29, 1.82) is 0 Å². The van der Waals surface area contributed by atoms with Crippen molar-refractivity contribution in [2.75, 3.05) is 5.73 Å². The Morgan fingerprint density at radius 1 is 1.37 bits per heavy atom. The summed E-state index contributed by atoms with van der Waals surface area (Å²) in [5, 5.41) is 14.6. The second-order valence-electron chi connectivity index (χ2n) is 4.78. The van der Waals surface area contributed by atoms with Gasteiger partial charge in [0.1, 0.15) is 5.69 Å². The molecule has 6 nitrogen and oxygen atoms in total. The lowest BCUT2D eigenvalue weighted by Gasteiger charge is -2.05. The van der Waals surface area contributed by atoms with Crippen molar-refractivity contribution >= 4 is 11.6 Å². The van der Waals surface area contributed by atoms with Crippen LogP contribution in [0.5, 0.6) is 0 Å². The molecule has 0 radical (unpaired) electrons. The normalized spacial score (nSPS) is 10.9. The van der Waals surface area contributed by atoms with Crippen LogP contribution in [0.25, 0.3) is 11.3 Å². The van der Waals surface area contributed by atoms with Gasteiger partial charge in [0.15, 0.2) is 0 Å². The van der Waals surface area contributed by atoms with Crippen molar-refractivity contribution in [2.45, 2.75) is 20.3 Å². The van der Waals surface area contributed by atoms with E-state index in [-0.39, 0.29) is 5.69 Å². The minimum absolute atomic E-state index is 0.0469. The minimum atomic E-state index is -0.435. The Morgan fingerprint density at radius 2 is 2.00 bits per heavy atom. The average molecular weight is 261 g/mol. The summed E-state index contributed by atoms with van der Waals surface area (Å²) in [5.74, 6) is 0.723. The molecule has 0 amide bonds. The second kappa shape index (κ2) is 5.09. The Hall–Kier alpha value is -2.37. The van der Waals surface area contributed by atoms with Gasteiger partial charge in [-0.3, -0.25) is 10.1 Å². The van der Waals surface area contributed by atoms with Gasteiger partial charge in [-0.05, 0) is 24.5 Å². The highest BCUT2D eigenvalue weighted by Crippen LogP contribution is 2.30. The average Bonchev–Trinajstić information content (AvgIpc) is 2.71. The van der Waals surface area contributed by atoms with Gasteiger partial charge in [0.2, 0.25) is 5.88 Å². The van der Waals surface area contributed by atoms with Crippen LogP contribution in [0.4, 0.5) is 11.6 Å². The minimum Gasteiger partial charge on any atom is -0.367 e.